The summed E-state index contributed by atoms with van der Waals surface area (Å²) in [5.74, 6) is -0.595. The summed E-state index contributed by atoms with van der Waals surface area (Å²) in [6, 6.07) is 6.74. The van der Waals surface area contributed by atoms with Crippen LogP contribution in [0.15, 0.2) is 36.7 Å². The molecule has 0 saturated carbocycles. The standard InChI is InChI=1S/C22H19Cl2FN8O3/c1-11-5-14(6-15(20(11)24)21(34)35)32-18(28-10-29-32)8-26-22(36)27-9-19-30-12(2)31-33(19)13-3-4-16(23)17(25)7-13/h3-7,10H,8-9H2,1-2H3,(H,34,35)(H2,26,27,36). The smallest absolute Gasteiger partial charge is 0.337 e. The molecule has 0 saturated heterocycles. The number of aryl methyl sites for hydroxylation is 2. The average Bonchev–Trinajstić information content (AvgIpc) is 3.46. The van der Waals surface area contributed by atoms with Crippen LogP contribution >= 0.6 is 23.2 Å². The van der Waals surface area contributed by atoms with Gasteiger partial charge in [0, 0.05) is 6.07 Å². The molecule has 0 fully saturated rings. The van der Waals surface area contributed by atoms with Crippen molar-refractivity contribution in [2.24, 2.45) is 0 Å². The van der Waals surface area contributed by atoms with Gasteiger partial charge in [-0.05, 0) is 43.7 Å². The summed E-state index contributed by atoms with van der Waals surface area (Å²) in [6.07, 6.45) is 1.29. The number of hydrogen-bond donors (Lipinski definition) is 3. The number of rotatable bonds is 7. The van der Waals surface area contributed by atoms with E-state index in [1.54, 1.807) is 26.0 Å². The van der Waals surface area contributed by atoms with E-state index in [2.05, 4.69) is 30.8 Å². The number of aromatic nitrogens is 6. The zero-order valence-corrected chi connectivity index (χ0v) is 20.5. The van der Waals surface area contributed by atoms with Crippen LogP contribution in [0.1, 0.15) is 33.4 Å². The molecule has 11 nitrogen and oxygen atoms in total. The lowest BCUT2D eigenvalue weighted by molar-refractivity contribution is 0.0697. The first-order chi connectivity index (χ1) is 17.1. The van der Waals surface area contributed by atoms with Crippen LogP contribution < -0.4 is 10.6 Å². The molecule has 0 unspecified atom stereocenters. The molecule has 0 aliphatic heterocycles. The van der Waals surface area contributed by atoms with Crippen molar-refractivity contribution >= 4 is 35.2 Å². The fourth-order valence-corrected chi connectivity index (χ4v) is 3.72. The number of carboxylic acid groups (broad SMARTS) is 1. The second-order valence-electron chi connectivity index (χ2n) is 7.64. The van der Waals surface area contributed by atoms with Gasteiger partial charge in [-0.2, -0.15) is 10.2 Å². The molecular weight excluding hydrogens is 514 g/mol. The molecule has 0 atom stereocenters. The monoisotopic (exact) mass is 532 g/mol. The molecular formula is C22H19Cl2FN8O3. The van der Waals surface area contributed by atoms with Gasteiger partial charge in [0.05, 0.1) is 40.1 Å². The van der Waals surface area contributed by atoms with Crippen LogP contribution in [0.25, 0.3) is 11.4 Å². The molecule has 2 amide bonds. The largest absolute Gasteiger partial charge is 0.478 e. The number of hydrogen-bond acceptors (Lipinski definition) is 6. The number of halogens is 3. The van der Waals surface area contributed by atoms with Crippen molar-refractivity contribution in [3.63, 3.8) is 0 Å². The zero-order valence-electron chi connectivity index (χ0n) is 19.0. The number of amides is 2. The first-order valence-corrected chi connectivity index (χ1v) is 11.2. The van der Waals surface area contributed by atoms with E-state index in [0.717, 1.165) is 0 Å². The summed E-state index contributed by atoms with van der Waals surface area (Å²) in [5, 5.41) is 23.2. The third kappa shape index (κ3) is 5.29. The summed E-state index contributed by atoms with van der Waals surface area (Å²) >= 11 is 11.8. The van der Waals surface area contributed by atoms with Gasteiger partial charge in [0.15, 0.2) is 11.6 Å². The predicted octanol–water partition coefficient (Wildman–Crippen LogP) is 3.61. The van der Waals surface area contributed by atoms with Gasteiger partial charge in [-0.1, -0.05) is 23.2 Å². The first kappa shape index (κ1) is 25.1. The molecule has 2 heterocycles. The fraction of sp³-hybridized carbons (Fsp3) is 0.182. The zero-order chi connectivity index (χ0) is 26.0. The minimum Gasteiger partial charge on any atom is -0.478 e. The summed E-state index contributed by atoms with van der Waals surface area (Å²) in [7, 11) is 0. The summed E-state index contributed by atoms with van der Waals surface area (Å²) < 4.78 is 16.7. The highest BCUT2D eigenvalue weighted by atomic mass is 35.5. The molecule has 0 radical (unpaired) electrons. The normalized spacial score (nSPS) is 10.9. The van der Waals surface area contributed by atoms with Crippen molar-refractivity contribution in [3.8, 4) is 11.4 Å². The van der Waals surface area contributed by atoms with E-state index in [4.69, 9.17) is 23.2 Å². The van der Waals surface area contributed by atoms with E-state index in [9.17, 15) is 19.1 Å². The van der Waals surface area contributed by atoms with Gasteiger partial charge in [-0.25, -0.2) is 33.3 Å². The van der Waals surface area contributed by atoms with E-state index >= 15 is 0 Å². The molecule has 186 valence electrons. The van der Waals surface area contributed by atoms with Gasteiger partial charge in [0.1, 0.15) is 18.0 Å². The quantitative estimate of drug-likeness (QED) is 0.330. The number of nitrogens with one attached hydrogen (secondary N) is 2. The molecule has 4 aromatic rings. The lowest BCUT2D eigenvalue weighted by Crippen LogP contribution is -2.36. The molecule has 0 aliphatic carbocycles. The molecule has 2 aromatic carbocycles. The molecule has 0 spiro atoms. The number of urea groups is 1. The van der Waals surface area contributed by atoms with Crippen LogP contribution in [-0.4, -0.2) is 46.6 Å². The predicted molar refractivity (Wildman–Crippen MR) is 128 cm³/mol. The molecule has 0 bridgehead atoms. The van der Waals surface area contributed by atoms with Crippen LogP contribution in [0.3, 0.4) is 0 Å². The van der Waals surface area contributed by atoms with Crippen LogP contribution in [0.5, 0.6) is 0 Å². The number of aromatic carboxylic acids is 1. The van der Waals surface area contributed by atoms with E-state index in [-0.39, 0.29) is 28.7 Å². The van der Waals surface area contributed by atoms with E-state index in [0.29, 0.717) is 34.4 Å². The lowest BCUT2D eigenvalue weighted by Gasteiger charge is -2.11. The average molecular weight is 533 g/mol. The SMILES string of the molecule is Cc1nc(CNC(=O)NCc2ncnn2-c2cc(C)c(Cl)c(C(=O)O)c2)n(-c2ccc(Cl)c(F)c2)n1. The molecule has 14 heteroatoms. The molecule has 0 aliphatic rings. The van der Waals surface area contributed by atoms with Crippen LogP contribution in [0.2, 0.25) is 10.0 Å². The van der Waals surface area contributed by atoms with Crippen LogP contribution in [-0.2, 0) is 13.1 Å². The maximum Gasteiger partial charge on any atom is 0.337 e. The Balaban J connectivity index is 1.44. The third-order valence-electron chi connectivity index (χ3n) is 5.07. The Labute approximate surface area is 213 Å². The molecule has 2 aromatic heterocycles. The molecule has 36 heavy (non-hydrogen) atoms. The lowest BCUT2D eigenvalue weighted by atomic mass is 10.1. The summed E-state index contributed by atoms with van der Waals surface area (Å²) in [6.45, 7) is 3.35. The maximum absolute atomic E-state index is 13.9. The van der Waals surface area contributed by atoms with Crippen molar-refractivity contribution in [2.45, 2.75) is 26.9 Å². The van der Waals surface area contributed by atoms with Crippen LogP contribution in [0, 0.1) is 19.7 Å². The Hall–Kier alpha value is -4.03. The fourth-order valence-electron chi connectivity index (χ4n) is 3.41. The van der Waals surface area contributed by atoms with Gasteiger partial charge >= 0.3 is 12.0 Å². The Bertz CT molecular complexity index is 1470. The van der Waals surface area contributed by atoms with Crippen molar-refractivity contribution < 1.29 is 19.1 Å². The van der Waals surface area contributed by atoms with Gasteiger partial charge in [-0.3, -0.25) is 0 Å². The Morgan fingerprint density at radius 2 is 1.75 bits per heavy atom. The number of carbonyl (C=O) groups excluding carboxylic acids is 1. The van der Waals surface area contributed by atoms with Gasteiger partial charge < -0.3 is 15.7 Å². The highest BCUT2D eigenvalue weighted by molar-refractivity contribution is 6.34. The highest BCUT2D eigenvalue weighted by Gasteiger charge is 2.17. The Morgan fingerprint density at radius 3 is 2.44 bits per heavy atom. The highest BCUT2D eigenvalue weighted by Crippen LogP contribution is 2.25. The topological polar surface area (TPSA) is 140 Å². The number of carbonyl (C=O) groups is 2. The number of benzene rings is 2. The van der Waals surface area contributed by atoms with Crippen molar-refractivity contribution in [1.82, 2.24) is 40.2 Å². The van der Waals surface area contributed by atoms with E-state index < -0.39 is 17.8 Å². The first-order valence-electron chi connectivity index (χ1n) is 10.5. The second kappa shape index (κ2) is 10.3. The van der Waals surface area contributed by atoms with Gasteiger partial charge in [0.2, 0.25) is 0 Å². The van der Waals surface area contributed by atoms with Crippen molar-refractivity contribution in [3.05, 3.63) is 81.1 Å². The maximum atomic E-state index is 13.9. The van der Waals surface area contributed by atoms with Crippen molar-refractivity contribution in [2.75, 3.05) is 0 Å². The van der Waals surface area contributed by atoms with Crippen molar-refractivity contribution in [1.29, 1.82) is 0 Å². The summed E-state index contributed by atoms with van der Waals surface area (Å²) in [5.41, 5.74) is 1.32. The van der Waals surface area contributed by atoms with Gasteiger partial charge in [0.25, 0.3) is 0 Å². The minimum absolute atomic E-state index is 0.00194. The number of carboxylic acids is 1. The summed E-state index contributed by atoms with van der Waals surface area (Å²) in [4.78, 5) is 32.4. The second-order valence-corrected chi connectivity index (χ2v) is 8.42. The molecule has 4 rings (SSSR count). The minimum atomic E-state index is -1.17. The molecule has 3 N–H and O–H groups in total. The Morgan fingerprint density at radius 1 is 1.03 bits per heavy atom. The van der Waals surface area contributed by atoms with E-state index in [1.165, 1.54) is 33.9 Å². The van der Waals surface area contributed by atoms with E-state index in [1.807, 2.05) is 0 Å². The number of nitrogens with zero attached hydrogens (tertiary/aromatic N) is 6. The van der Waals surface area contributed by atoms with Gasteiger partial charge in [-0.15, -0.1) is 0 Å². The van der Waals surface area contributed by atoms with Crippen LogP contribution in [0.4, 0.5) is 9.18 Å². The third-order valence-corrected chi connectivity index (χ3v) is 5.88. The Kier molecular flexibility index (Phi) is 7.17.